The summed E-state index contributed by atoms with van der Waals surface area (Å²) in [5, 5.41) is 4.20. The van der Waals surface area contributed by atoms with Crippen molar-refractivity contribution in [3.8, 4) is 0 Å². The molecule has 0 spiro atoms. The molecule has 0 bridgehead atoms. The maximum atomic E-state index is 11.3. The highest BCUT2D eigenvalue weighted by Gasteiger charge is 2.24. The smallest absolute Gasteiger partial charge is 0.358 e. The van der Waals surface area contributed by atoms with Gasteiger partial charge in [0, 0.05) is 6.20 Å². The Labute approximate surface area is 92.8 Å². The molecule has 2 aromatic heterocycles. The van der Waals surface area contributed by atoms with Crippen molar-refractivity contribution in [1.82, 2.24) is 9.61 Å². The first-order chi connectivity index (χ1) is 7.78. The van der Waals surface area contributed by atoms with Gasteiger partial charge in [-0.05, 0) is 36.5 Å². The molecule has 0 atom stereocenters. The van der Waals surface area contributed by atoms with Gasteiger partial charge in [-0.15, -0.1) is 0 Å². The van der Waals surface area contributed by atoms with E-state index >= 15 is 0 Å². The normalized spacial score (nSPS) is 15.3. The number of carbonyl (C=O) groups is 1. The fourth-order valence-electron chi connectivity index (χ4n) is 1.87. The van der Waals surface area contributed by atoms with E-state index in [1.165, 1.54) is 25.5 Å². The molecule has 0 unspecified atom stereocenters. The van der Waals surface area contributed by atoms with Gasteiger partial charge >= 0.3 is 5.97 Å². The van der Waals surface area contributed by atoms with Crippen LogP contribution >= 0.6 is 0 Å². The molecule has 0 amide bonds. The zero-order valence-electron chi connectivity index (χ0n) is 9.01. The number of fused-ring (bicyclic) bond motifs is 1. The summed E-state index contributed by atoms with van der Waals surface area (Å²) in [5.41, 5.74) is 2.58. The summed E-state index contributed by atoms with van der Waals surface area (Å²) in [6, 6.07) is 5.84. The lowest BCUT2D eigenvalue weighted by Crippen LogP contribution is -2.02. The van der Waals surface area contributed by atoms with Crippen LogP contribution < -0.4 is 0 Å². The van der Waals surface area contributed by atoms with Crippen LogP contribution in [0.4, 0.5) is 0 Å². The Hall–Kier alpha value is -1.84. The van der Waals surface area contributed by atoms with E-state index in [0.29, 0.717) is 11.6 Å². The van der Waals surface area contributed by atoms with Gasteiger partial charge in [-0.3, -0.25) is 0 Å². The van der Waals surface area contributed by atoms with Crippen LogP contribution in [0, 0.1) is 0 Å². The van der Waals surface area contributed by atoms with Crippen LogP contribution in [0.25, 0.3) is 5.52 Å². The topological polar surface area (TPSA) is 43.6 Å². The maximum absolute atomic E-state index is 11.3. The summed E-state index contributed by atoms with van der Waals surface area (Å²) in [6.07, 6.45) is 4.52. The van der Waals surface area contributed by atoms with Crippen LogP contribution in [0.2, 0.25) is 0 Å². The lowest BCUT2D eigenvalue weighted by molar-refractivity contribution is 0.0593. The molecule has 4 nitrogen and oxygen atoms in total. The van der Waals surface area contributed by atoms with Gasteiger partial charge in [-0.1, -0.05) is 6.07 Å². The minimum atomic E-state index is -0.392. The van der Waals surface area contributed by atoms with Crippen molar-refractivity contribution in [2.45, 2.75) is 18.8 Å². The van der Waals surface area contributed by atoms with E-state index in [-0.39, 0.29) is 0 Å². The minimum absolute atomic E-state index is 0.357. The van der Waals surface area contributed by atoms with Crippen molar-refractivity contribution in [3.05, 3.63) is 35.7 Å². The number of hydrogen-bond donors (Lipinski definition) is 0. The van der Waals surface area contributed by atoms with Crippen LogP contribution in [0.5, 0.6) is 0 Å². The first-order valence-corrected chi connectivity index (χ1v) is 5.35. The lowest BCUT2D eigenvalue weighted by Gasteiger charge is -1.98. The molecular weight excluding hydrogens is 204 g/mol. The average molecular weight is 216 g/mol. The summed E-state index contributed by atoms with van der Waals surface area (Å²) in [5.74, 6) is 0.298. The molecular formula is C12H12N2O2. The number of esters is 1. The largest absolute Gasteiger partial charge is 0.464 e. The Morgan fingerprint density at radius 1 is 1.50 bits per heavy atom. The quantitative estimate of drug-likeness (QED) is 0.721. The molecule has 1 aliphatic rings. The highest BCUT2D eigenvalue weighted by atomic mass is 16.5. The molecule has 0 aromatic carbocycles. The number of nitrogens with zero attached hydrogens (tertiary/aromatic N) is 2. The Kier molecular flexibility index (Phi) is 1.96. The summed E-state index contributed by atoms with van der Waals surface area (Å²) in [7, 11) is 1.36. The molecule has 4 heteroatoms. The van der Waals surface area contributed by atoms with Gasteiger partial charge in [0.2, 0.25) is 0 Å². The van der Waals surface area contributed by atoms with Crippen molar-refractivity contribution in [2.24, 2.45) is 0 Å². The molecule has 16 heavy (non-hydrogen) atoms. The van der Waals surface area contributed by atoms with Crippen molar-refractivity contribution >= 4 is 11.5 Å². The number of ether oxygens (including phenoxy) is 1. The molecule has 3 rings (SSSR count). The highest BCUT2D eigenvalue weighted by Crippen LogP contribution is 2.39. The predicted octanol–water partition coefficient (Wildman–Crippen LogP) is 2.00. The monoisotopic (exact) mass is 216 g/mol. The summed E-state index contributed by atoms with van der Waals surface area (Å²) in [6.45, 7) is 0. The summed E-state index contributed by atoms with van der Waals surface area (Å²) in [4.78, 5) is 11.3. The number of rotatable bonds is 2. The van der Waals surface area contributed by atoms with E-state index in [1.807, 2.05) is 12.3 Å². The second-order valence-electron chi connectivity index (χ2n) is 4.13. The Morgan fingerprint density at radius 2 is 2.31 bits per heavy atom. The molecule has 2 aromatic rings. The van der Waals surface area contributed by atoms with Crippen LogP contribution in [0.3, 0.4) is 0 Å². The number of pyridine rings is 1. The standard InChI is InChI=1S/C12H12N2O2/c1-16-12(15)11-6-10-5-4-9(8-2-3-8)7-14(10)13-11/h4-8H,2-3H2,1H3. The highest BCUT2D eigenvalue weighted by molar-refractivity contribution is 5.88. The van der Waals surface area contributed by atoms with Gasteiger partial charge in [0.1, 0.15) is 0 Å². The van der Waals surface area contributed by atoms with E-state index in [1.54, 1.807) is 10.6 Å². The zero-order valence-corrected chi connectivity index (χ0v) is 9.01. The van der Waals surface area contributed by atoms with E-state index < -0.39 is 5.97 Å². The van der Waals surface area contributed by atoms with Gasteiger partial charge in [-0.25, -0.2) is 9.31 Å². The van der Waals surface area contributed by atoms with Crippen molar-refractivity contribution in [3.63, 3.8) is 0 Å². The summed E-state index contributed by atoms with van der Waals surface area (Å²) < 4.78 is 6.39. The van der Waals surface area contributed by atoms with Gasteiger partial charge in [0.05, 0.1) is 12.6 Å². The van der Waals surface area contributed by atoms with Crippen LogP contribution in [-0.2, 0) is 4.74 Å². The third-order valence-electron chi connectivity index (χ3n) is 2.93. The first-order valence-electron chi connectivity index (χ1n) is 5.35. The van der Waals surface area contributed by atoms with Crippen LogP contribution in [0.15, 0.2) is 24.4 Å². The van der Waals surface area contributed by atoms with Crippen LogP contribution in [0.1, 0.15) is 34.8 Å². The van der Waals surface area contributed by atoms with Crippen molar-refractivity contribution < 1.29 is 9.53 Å². The number of hydrogen-bond acceptors (Lipinski definition) is 3. The number of aromatic nitrogens is 2. The van der Waals surface area contributed by atoms with E-state index in [9.17, 15) is 4.79 Å². The van der Waals surface area contributed by atoms with Crippen molar-refractivity contribution in [2.75, 3.05) is 7.11 Å². The molecule has 1 aliphatic carbocycles. The van der Waals surface area contributed by atoms with Gasteiger partial charge in [0.25, 0.3) is 0 Å². The fourth-order valence-corrected chi connectivity index (χ4v) is 1.87. The summed E-state index contributed by atoms with van der Waals surface area (Å²) >= 11 is 0. The minimum Gasteiger partial charge on any atom is -0.464 e. The number of methoxy groups -OCH3 is 1. The Balaban J connectivity index is 2.06. The molecule has 82 valence electrons. The Bertz CT molecular complexity index is 555. The molecule has 1 saturated carbocycles. The molecule has 0 aliphatic heterocycles. The second-order valence-corrected chi connectivity index (χ2v) is 4.13. The fraction of sp³-hybridized carbons (Fsp3) is 0.333. The van der Waals surface area contributed by atoms with E-state index in [0.717, 1.165) is 5.52 Å². The van der Waals surface area contributed by atoms with E-state index in [4.69, 9.17) is 0 Å². The second kappa shape index (κ2) is 3.33. The Morgan fingerprint density at radius 3 is 3.00 bits per heavy atom. The number of carbonyl (C=O) groups excluding carboxylic acids is 1. The first kappa shape index (κ1) is 9.39. The van der Waals surface area contributed by atoms with Gasteiger partial charge in [-0.2, -0.15) is 5.10 Å². The third kappa shape index (κ3) is 1.46. The molecule has 0 saturated heterocycles. The van der Waals surface area contributed by atoms with Crippen molar-refractivity contribution in [1.29, 1.82) is 0 Å². The molecule has 2 heterocycles. The molecule has 1 fully saturated rings. The zero-order chi connectivity index (χ0) is 11.1. The predicted molar refractivity (Wildman–Crippen MR) is 58.5 cm³/mol. The SMILES string of the molecule is COC(=O)c1cc2ccc(C3CC3)cn2n1. The van der Waals surface area contributed by atoms with Crippen LogP contribution in [-0.4, -0.2) is 22.7 Å². The lowest BCUT2D eigenvalue weighted by atomic mass is 10.2. The van der Waals surface area contributed by atoms with Gasteiger partial charge in [0.15, 0.2) is 5.69 Å². The third-order valence-corrected chi connectivity index (χ3v) is 2.93. The molecule has 0 N–H and O–H groups in total. The van der Waals surface area contributed by atoms with Gasteiger partial charge < -0.3 is 4.74 Å². The maximum Gasteiger partial charge on any atom is 0.358 e. The average Bonchev–Trinajstić information content (AvgIpc) is 3.07. The van der Waals surface area contributed by atoms with E-state index in [2.05, 4.69) is 15.9 Å². The molecule has 0 radical (unpaired) electrons.